The highest BCUT2D eigenvalue weighted by atomic mass is 16.6. The van der Waals surface area contributed by atoms with E-state index in [1.54, 1.807) is 14.1 Å². The quantitative estimate of drug-likeness (QED) is 0.238. The molecule has 0 fully saturated rings. The SMILES string of the molecule is CNC(C[N+]([O-])=NO)C(C)=O.CN[C@H](CCC[N+]([O-])=NO)C(C)=O. The van der Waals surface area contributed by atoms with E-state index in [4.69, 9.17) is 10.4 Å². The molecule has 2 atom stereocenters. The molecule has 0 aliphatic heterocycles. The van der Waals surface area contributed by atoms with Crippen molar-refractivity contribution in [2.75, 3.05) is 27.2 Å². The summed E-state index contributed by atoms with van der Waals surface area (Å²) in [4.78, 5) is 21.8. The number of likely N-dealkylation sites (N-methyl/N-ethyl adjacent to an activating group) is 2. The third kappa shape index (κ3) is 12.2. The highest BCUT2D eigenvalue weighted by Gasteiger charge is 2.16. The topological polar surface area (TPSA) is 176 Å². The molecule has 0 heterocycles. The summed E-state index contributed by atoms with van der Waals surface area (Å²) in [6, 6.07) is -0.796. The van der Waals surface area contributed by atoms with Gasteiger partial charge in [0.1, 0.15) is 11.8 Å². The highest BCUT2D eigenvalue weighted by molar-refractivity contribution is 5.81. The number of hydrogen-bond acceptors (Lipinski definition) is 8. The number of nitrogens with one attached hydrogen (secondary N) is 2. The Bertz CT molecular complexity index is 442. The summed E-state index contributed by atoms with van der Waals surface area (Å²) in [5, 5.41) is 47.0. The molecule has 0 aliphatic carbocycles. The number of ketones is 2. The Morgan fingerprint density at radius 3 is 1.79 bits per heavy atom. The summed E-state index contributed by atoms with van der Waals surface area (Å²) < 4.78 is 0. The second-order valence-corrected chi connectivity index (χ2v) is 4.84. The predicted octanol–water partition coefficient (Wildman–Crippen LogP) is -0.190. The number of nitrogens with zero attached hydrogens (tertiary/aromatic N) is 4. The van der Waals surface area contributed by atoms with Crippen LogP contribution in [0, 0.1) is 10.4 Å². The summed E-state index contributed by atoms with van der Waals surface area (Å²) in [5.41, 5.74) is 0. The maximum absolute atomic E-state index is 10.9. The molecule has 140 valence electrons. The molecule has 4 N–H and O–H groups in total. The van der Waals surface area contributed by atoms with E-state index in [0.717, 1.165) is 0 Å². The number of carbonyl (C=O) groups excluding carboxylic acids is 2. The molecule has 0 spiro atoms. The van der Waals surface area contributed by atoms with Gasteiger partial charge in [-0.3, -0.25) is 9.59 Å². The minimum absolute atomic E-state index is 0.0425. The summed E-state index contributed by atoms with van der Waals surface area (Å²) >= 11 is 0. The van der Waals surface area contributed by atoms with Gasteiger partial charge in [0, 0.05) is 6.42 Å². The van der Waals surface area contributed by atoms with Gasteiger partial charge in [-0.05, 0) is 34.4 Å². The fourth-order valence-electron chi connectivity index (χ4n) is 1.64. The third-order valence-electron chi connectivity index (χ3n) is 3.06. The molecule has 12 heteroatoms. The van der Waals surface area contributed by atoms with E-state index in [2.05, 4.69) is 21.2 Å². The van der Waals surface area contributed by atoms with E-state index in [1.807, 2.05) is 0 Å². The van der Waals surface area contributed by atoms with Crippen molar-refractivity contribution in [3.8, 4) is 0 Å². The van der Waals surface area contributed by atoms with E-state index in [9.17, 15) is 20.0 Å². The van der Waals surface area contributed by atoms with Gasteiger partial charge in [0.25, 0.3) is 0 Å². The van der Waals surface area contributed by atoms with Crippen LogP contribution in [0.3, 0.4) is 0 Å². The first kappa shape index (κ1) is 23.9. The molecule has 0 aromatic rings. The smallest absolute Gasteiger partial charge is 0.206 e. The number of rotatable bonds is 10. The average Bonchev–Trinajstić information content (AvgIpc) is 2.55. The average molecular weight is 350 g/mol. The molecule has 0 aromatic heterocycles. The van der Waals surface area contributed by atoms with Crippen molar-refractivity contribution in [2.45, 2.75) is 38.8 Å². The van der Waals surface area contributed by atoms with Crippen molar-refractivity contribution in [1.29, 1.82) is 0 Å². The second kappa shape index (κ2) is 14.3. The number of hydroxylamine groups is 2. The van der Waals surface area contributed by atoms with Crippen molar-refractivity contribution >= 4 is 11.6 Å². The van der Waals surface area contributed by atoms with Gasteiger partial charge >= 0.3 is 0 Å². The van der Waals surface area contributed by atoms with Gasteiger partial charge < -0.3 is 31.5 Å². The number of hydrogen-bond donors (Lipinski definition) is 4. The van der Waals surface area contributed by atoms with Crippen LogP contribution in [0.4, 0.5) is 0 Å². The van der Waals surface area contributed by atoms with Gasteiger partial charge in [-0.2, -0.15) is 0 Å². The van der Waals surface area contributed by atoms with Crippen LogP contribution in [0.15, 0.2) is 10.6 Å². The molecule has 0 aromatic carbocycles. The van der Waals surface area contributed by atoms with E-state index >= 15 is 0 Å². The lowest BCUT2D eigenvalue weighted by Gasteiger charge is -2.10. The molecule has 1 unspecified atom stereocenters. The monoisotopic (exact) mass is 350 g/mol. The zero-order chi connectivity index (χ0) is 19.1. The molecule has 0 radical (unpaired) electrons. The molecule has 0 saturated heterocycles. The van der Waals surface area contributed by atoms with E-state index < -0.39 is 6.04 Å². The molecule has 0 amide bonds. The van der Waals surface area contributed by atoms with Crippen molar-refractivity contribution in [2.24, 2.45) is 10.6 Å². The van der Waals surface area contributed by atoms with Crippen LogP contribution in [0.5, 0.6) is 0 Å². The maximum Gasteiger partial charge on any atom is 0.206 e. The molecule has 0 rings (SSSR count). The van der Waals surface area contributed by atoms with Crippen molar-refractivity contribution in [3.63, 3.8) is 0 Å². The Labute approximate surface area is 139 Å². The molecular formula is C12H26N6O6. The van der Waals surface area contributed by atoms with E-state index in [0.29, 0.717) is 12.8 Å². The van der Waals surface area contributed by atoms with Crippen LogP contribution >= 0.6 is 0 Å². The normalized spacial score (nSPS) is 14.3. The lowest BCUT2D eigenvalue weighted by atomic mass is 10.1. The fraction of sp³-hybridized carbons (Fsp3) is 0.833. The van der Waals surface area contributed by atoms with Crippen molar-refractivity contribution in [3.05, 3.63) is 10.4 Å². The predicted molar refractivity (Wildman–Crippen MR) is 81.7 cm³/mol. The van der Waals surface area contributed by atoms with Gasteiger partial charge in [-0.25, -0.2) is 0 Å². The first-order valence-electron chi connectivity index (χ1n) is 7.18. The summed E-state index contributed by atoms with van der Waals surface area (Å²) in [7, 11) is 3.24. The van der Waals surface area contributed by atoms with Crippen LogP contribution in [0.1, 0.15) is 26.7 Å². The van der Waals surface area contributed by atoms with Crippen LogP contribution in [0.25, 0.3) is 0 Å². The Morgan fingerprint density at radius 1 is 1.00 bits per heavy atom. The molecule has 12 nitrogen and oxygen atoms in total. The third-order valence-corrected chi connectivity index (χ3v) is 3.06. The Morgan fingerprint density at radius 2 is 1.46 bits per heavy atom. The van der Waals surface area contributed by atoms with E-state index in [-0.39, 0.29) is 40.4 Å². The second-order valence-electron chi connectivity index (χ2n) is 4.84. The maximum atomic E-state index is 10.9. The zero-order valence-electron chi connectivity index (χ0n) is 14.3. The molecule has 0 bridgehead atoms. The minimum atomic E-state index is -0.580. The Hall–Kier alpha value is -2.34. The van der Waals surface area contributed by atoms with E-state index in [1.165, 1.54) is 13.8 Å². The largest absolute Gasteiger partial charge is 0.597 e. The van der Waals surface area contributed by atoms with Crippen LogP contribution in [0.2, 0.25) is 0 Å². The first-order valence-corrected chi connectivity index (χ1v) is 7.18. The van der Waals surface area contributed by atoms with Gasteiger partial charge in [0.05, 0.1) is 6.04 Å². The Balaban J connectivity index is 0. The van der Waals surface area contributed by atoms with Crippen LogP contribution < -0.4 is 10.6 Å². The van der Waals surface area contributed by atoms with Gasteiger partial charge in [-0.1, -0.05) is 9.72 Å². The summed E-state index contributed by atoms with van der Waals surface area (Å²) in [5.74, 6) is -0.127. The number of carbonyl (C=O) groups is 2. The summed E-state index contributed by atoms with van der Waals surface area (Å²) in [6.45, 7) is 2.77. The molecule has 0 aliphatic rings. The zero-order valence-corrected chi connectivity index (χ0v) is 14.3. The molecule has 0 saturated carbocycles. The van der Waals surface area contributed by atoms with Crippen molar-refractivity contribution in [1.82, 2.24) is 10.6 Å². The lowest BCUT2D eigenvalue weighted by Crippen LogP contribution is -2.38. The van der Waals surface area contributed by atoms with Gasteiger partial charge in [0.2, 0.25) is 6.54 Å². The standard InChI is InChI=1S/C7H15N3O3.C5H11N3O3/c1-6(11)7(8-2)4-3-5-10(13)9-12;1-4(9)5(6-2)3-8(11)7-10/h7-8,12H,3-5H2,1-2H3;5-6,10H,3H2,1-2H3/t7-;/m1./s1. The van der Waals surface area contributed by atoms with Crippen LogP contribution in [-0.4, -0.2) is 71.0 Å². The minimum Gasteiger partial charge on any atom is -0.597 e. The lowest BCUT2D eigenvalue weighted by molar-refractivity contribution is -0.556. The highest BCUT2D eigenvalue weighted by Crippen LogP contribution is 1.98. The fourth-order valence-corrected chi connectivity index (χ4v) is 1.64. The van der Waals surface area contributed by atoms with Crippen LogP contribution in [-0.2, 0) is 9.59 Å². The number of Topliss-reactive ketones (excluding diaryl/α,β-unsaturated/α-hetero) is 2. The summed E-state index contributed by atoms with van der Waals surface area (Å²) in [6.07, 6.45) is 1.08. The van der Waals surface area contributed by atoms with Gasteiger partial charge in [0.15, 0.2) is 22.9 Å². The Kier molecular flexibility index (Phi) is 14.2. The molecular weight excluding hydrogens is 324 g/mol. The molecule has 24 heavy (non-hydrogen) atoms. The first-order chi connectivity index (χ1) is 11.2. The van der Waals surface area contributed by atoms with Gasteiger partial charge in [-0.15, -0.1) is 0 Å². The van der Waals surface area contributed by atoms with Crippen molar-refractivity contribution < 1.29 is 29.7 Å².